The number of carbonyl (C=O) groups is 2. The summed E-state index contributed by atoms with van der Waals surface area (Å²) in [6, 6.07) is 3.64. The Bertz CT molecular complexity index is 540. The molecule has 0 radical (unpaired) electrons. The molecule has 1 saturated heterocycles. The molecule has 0 spiro atoms. The van der Waals surface area contributed by atoms with Crippen LogP contribution in [0.25, 0.3) is 0 Å². The maximum atomic E-state index is 13.7. The maximum Gasteiger partial charge on any atom is 0.334 e. The predicted molar refractivity (Wildman–Crippen MR) is 69.4 cm³/mol. The number of morpholine rings is 1. The highest BCUT2D eigenvalue weighted by Gasteiger charge is 2.29. The number of ether oxygens (including phenoxy) is 1. The molecule has 108 valence electrons. The van der Waals surface area contributed by atoms with Crippen LogP contribution < -0.4 is 5.32 Å². The number of hydrogen-bond acceptors (Lipinski definition) is 3. The maximum absolute atomic E-state index is 13.7. The molecule has 1 atom stereocenters. The third-order valence-corrected chi connectivity index (χ3v) is 3.11. The molecule has 1 unspecified atom stereocenters. The van der Waals surface area contributed by atoms with Gasteiger partial charge in [-0.2, -0.15) is 0 Å². The third kappa shape index (κ3) is 3.17. The lowest BCUT2D eigenvalue weighted by Gasteiger charge is -2.30. The smallest absolute Gasteiger partial charge is 0.334 e. The molecule has 0 aliphatic carbocycles. The van der Waals surface area contributed by atoms with Crippen LogP contribution in [-0.2, 0) is 9.53 Å². The summed E-state index contributed by atoms with van der Waals surface area (Å²) in [5, 5.41) is 11.1. The van der Waals surface area contributed by atoms with Crippen molar-refractivity contribution >= 4 is 29.3 Å². The Hall–Kier alpha value is -1.86. The van der Waals surface area contributed by atoms with E-state index in [9.17, 15) is 14.0 Å². The zero-order chi connectivity index (χ0) is 14.7. The minimum absolute atomic E-state index is 0.0548. The molecular weight excluding hydrogens is 291 g/mol. The summed E-state index contributed by atoms with van der Waals surface area (Å²) < 4.78 is 18.6. The van der Waals surface area contributed by atoms with Gasteiger partial charge in [-0.15, -0.1) is 0 Å². The minimum Gasteiger partial charge on any atom is -0.479 e. The Morgan fingerprint density at radius 2 is 2.25 bits per heavy atom. The fourth-order valence-corrected chi connectivity index (χ4v) is 1.95. The fourth-order valence-electron chi connectivity index (χ4n) is 1.78. The van der Waals surface area contributed by atoms with Crippen LogP contribution in [0.5, 0.6) is 0 Å². The van der Waals surface area contributed by atoms with Crippen LogP contribution in [0.15, 0.2) is 18.2 Å². The van der Waals surface area contributed by atoms with Crippen molar-refractivity contribution in [2.24, 2.45) is 0 Å². The van der Waals surface area contributed by atoms with E-state index in [1.54, 1.807) is 0 Å². The van der Waals surface area contributed by atoms with Gasteiger partial charge < -0.3 is 20.1 Å². The van der Waals surface area contributed by atoms with E-state index >= 15 is 0 Å². The van der Waals surface area contributed by atoms with Gasteiger partial charge in [0.25, 0.3) is 0 Å². The molecule has 1 heterocycles. The van der Waals surface area contributed by atoms with E-state index < -0.39 is 23.9 Å². The van der Waals surface area contributed by atoms with Crippen molar-refractivity contribution in [3.05, 3.63) is 29.0 Å². The molecule has 0 saturated carbocycles. The second kappa shape index (κ2) is 6.06. The lowest BCUT2D eigenvalue weighted by atomic mass is 10.2. The topological polar surface area (TPSA) is 78.9 Å². The second-order valence-electron chi connectivity index (χ2n) is 4.18. The Labute approximate surface area is 119 Å². The van der Waals surface area contributed by atoms with E-state index in [2.05, 4.69) is 5.32 Å². The summed E-state index contributed by atoms with van der Waals surface area (Å²) in [4.78, 5) is 24.0. The first kappa shape index (κ1) is 14.5. The van der Waals surface area contributed by atoms with E-state index in [-0.39, 0.29) is 30.4 Å². The van der Waals surface area contributed by atoms with Crippen molar-refractivity contribution in [1.29, 1.82) is 0 Å². The van der Waals surface area contributed by atoms with E-state index in [1.165, 1.54) is 23.1 Å². The molecule has 1 aromatic carbocycles. The van der Waals surface area contributed by atoms with Crippen LogP contribution in [0.4, 0.5) is 14.9 Å². The molecule has 2 amide bonds. The second-order valence-corrected chi connectivity index (χ2v) is 4.58. The van der Waals surface area contributed by atoms with E-state index in [0.717, 1.165) is 0 Å². The van der Waals surface area contributed by atoms with Gasteiger partial charge in [-0.05, 0) is 12.1 Å². The number of nitrogens with one attached hydrogen (secondary N) is 1. The largest absolute Gasteiger partial charge is 0.479 e. The summed E-state index contributed by atoms with van der Waals surface area (Å²) in [6.07, 6.45) is -1.07. The third-order valence-electron chi connectivity index (χ3n) is 2.82. The molecular formula is C12H12ClFN2O4. The Balaban J connectivity index is 2.04. The molecule has 20 heavy (non-hydrogen) atoms. The number of halogens is 2. The van der Waals surface area contributed by atoms with Crippen molar-refractivity contribution in [3.8, 4) is 0 Å². The number of nitrogens with zero attached hydrogens (tertiary/aromatic N) is 1. The van der Waals surface area contributed by atoms with Crippen molar-refractivity contribution in [1.82, 2.24) is 4.90 Å². The number of urea groups is 1. The monoisotopic (exact) mass is 302 g/mol. The molecule has 1 fully saturated rings. The Morgan fingerprint density at radius 3 is 2.95 bits per heavy atom. The van der Waals surface area contributed by atoms with Gasteiger partial charge in [-0.25, -0.2) is 14.0 Å². The summed E-state index contributed by atoms with van der Waals surface area (Å²) in [6.45, 7) is 0.254. The number of rotatable bonds is 2. The number of carboxylic acid groups (broad SMARTS) is 1. The first-order chi connectivity index (χ1) is 9.49. The zero-order valence-electron chi connectivity index (χ0n) is 10.3. The van der Waals surface area contributed by atoms with Gasteiger partial charge in [-0.3, -0.25) is 0 Å². The number of amides is 2. The van der Waals surface area contributed by atoms with Crippen molar-refractivity contribution < 1.29 is 23.8 Å². The molecule has 1 aliphatic rings. The van der Waals surface area contributed by atoms with Crippen LogP contribution in [0.1, 0.15) is 0 Å². The van der Waals surface area contributed by atoms with Gasteiger partial charge in [-0.1, -0.05) is 17.7 Å². The SMILES string of the molecule is O=C(O)C1CN(C(=O)Nc2cccc(Cl)c2F)CCO1. The van der Waals surface area contributed by atoms with Gasteiger partial charge in [0.2, 0.25) is 0 Å². The molecule has 2 rings (SSSR count). The van der Waals surface area contributed by atoms with Gasteiger partial charge in [0, 0.05) is 6.54 Å². The molecule has 1 aliphatic heterocycles. The molecule has 6 nitrogen and oxygen atoms in total. The summed E-state index contributed by atoms with van der Waals surface area (Å²) in [5.41, 5.74) is -0.0548. The highest BCUT2D eigenvalue weighted by atomic mass is 35.5. The quantitative estimate of drug-likeness (QED) is 0.873. The number of carboxylic acids is 1. The van der Waals surface area contributed by atoms with E-state index in [0.29, 0.717) is 0 Å². The number of hydrogen-bond donors (Lipinski definition) is 2. The number of benzene rings is 1. The van der Waals surface area contributed by atoms with Crippen LogP contribution in [0.2, 0.25) is 5.02 Å². The highest BCUT2D eigenvalue weighted by Crippen LogP contribution is 2.22. The van der Waals surface area contributed by atoms with Gasteiger partial charge >= 0.3 is 12.0 Å². The molecule has 8 heteroatoms. The number of carbonyl (C=O) groups excluding carboxylic acids is 1. The average Bonchev–Trinajstić information content (AvgIpc) is 2.44. The van der Waals surface area contributed by atoms with Crippen LogP contribution in [-0.4, -0.2) is 47.8 Å². The first-order valence-corrected chi connectivity index (χ1v) is 6.21. The van der Waals surface area contributed by atoms with Crippen molar-refractivity contribution in [3.63, 3.8) is 0 Å². The summed E-state index contributed by atoms with van der Waals surface area (Å²) in [7, 11) is 0. The molecule has 0 aromatic heterocycles. The number of aliphatic carboxylic acids is 1. The lowest BCUT2D eigenvalue weighted by Crippen LogP contribution is -2.50. The van der Waals surface area contributed by atoms with Gasteiger partial charge in [0.1, 0.15) is 0 Å². The Kier molecular flexibility index (Phi) is 4.41. The van der Waals surface area contributed by atoms with Crippen LogP contribution in [0, 0.1) is 5.82 Å². The van der Waals surface area contributed by atoms with E-state index in [1.807, 2.05) is 0 Å². The zero-order valence-corrected chi connectivity index (χ0v) is 11.1. The van der Waals surface area contributed by atoms with Crippen molar-refractivity contribution in [2.75, 3.05) is 25.0 Å². The first-order valence-electron chi connectivity index (χ1n) is 5.83. The van der Waals surface area contributed by atoms with Crippen LogP contribution >= 0.6 is 11.6 Å². The summed E-state index contributed by atoms with van der Waals surface area (Å²) in [5.74, 6) is -1.87. The van der Waals surface area contributed by atoms with Crippen molar-refractivity contribution in [2.45, 2.75) is 6.10 Å². The average molecular weight is 303 g/mol. The summed E-state index contributed by atoms with van der Waals surface area (Å²) >= 11 is 5.61. The van der Waals surface area contributed by atoms with E-state index in [4.69, 9.17) is 21.4 Å². The highest BCUT2D eigenvalue weighted by molar-refractivity contribution is 6.31. The predicted octanol–water partition coefficient (Wildman–Crippen LogP) is 1.80. The lowest BCUT2D eigenvalue weighted by molar-refractivity contribution is -0.154. The standard InChI is InChI=1S/C12H12ClFN2O4/c13-7-2-1-3-8(10(7)14)15-12(19)16-4-5-20-9(6-16)11(17)18/h1-3,9H,4-6H2,(H,15,19)(H,17,18). The Morgan fingerprint density at radius 1 is 1.50 bits per heavy atom. The van der Waals surface area contributed by atoms with Crippen LogP contribution in [0.3, 0.4) is 0 Å². The molecule has 1 aromatic rings. The molecule has 0 bridgehead atoms. The van der Waals surface area contributed by atoms with Gasteiger partial charge in [0.15, 0.2) is 11.9 Å². The van der Waals surface area contributed by atoms with Gasteiger partial charge in [0.05, 0.1) is 23.9 Å². The number of anilines is 1. The fraction of sp³-hybridized carbons (Fsp3) is 0.333. The molecule has 2 N–H and O–H groups in total. The minimum atomic E-state index is -1.14. The normalized spacial score (nSPS) is 18.7.